The Kier molecular flexibility index (Phi) is 4.22. The van der Waals surface area contributed by atoms with E-state index in [4.69, 9.17) is 11.6 Å². The number of anilines is 1. The molecule has 0 aliphatic carbocycles. The maximum Gasteiger partial charge on any atom is 0.256 e. The van der Waals surface area contributed by atoms with Crippen LogP contribution < -0.4 is 10.6 Å². The first kappa shape index (κ1) is 15.1. The van der Waals surface area contributed by atoms with Crippen LogP contribution in [0.1, 0.15) is 10.4 Å². The number of piperazine rings is 2. The molecule has 0 aromatic heterocycles. The molecule has 2 saturated heterocycles. The summed E-state index contributed by atoms with van der Waals surface area (Å²) in [5, 5.41) is 6.40. The van der Waals surface area contributed by atoms with Crippen LogP contribution in [0.2, 0.25) is 5.02 Å². The van der Waals surface area contributed by atoms with E-state index in [1.807, 2.05) is 0 Å². The van der Waals surface area contributed by atoms with Gasteiger partial charge in [0.1, 0.15) is 6.04 Å². The summed E-state index contributed by atoms with van der Waals surface area (Å²) in [7, 11) is 1.77. The zero-order valence-electron chi connectivity index (χ0n) is 12.4. The number of nitrogens with one attached hydrogen (secondary N) is 2. The van der Waals surface area contributed by atoms with Gasteiger partial charge in [-0.25, -0.2) is 0 Å². The number of rotatable bonds is 2. The predicted octanol–water partition coefficient (Wildman–Crippen LogP) is 0.638. The summed E-state index contributed by atoms with van der Waals surface area (Å²) in [6.45, 7) is 3.29. The number of carbonyl (C=O) groups excluding carboxylic acids is 2. The molecule has 118 valence electrons. The molecule has 1 aromatic rings. The first-order chi connectivity index (χ1) is 10.6. The molecular formula is C15H19ClN4O2. The van der Waals surface area contributed by atoms with Crippen LogP contribution in [0.5, 0.6) is 0 Å². The van der Waals surface area contributed by atoms with E-state index in [-0.39, 0.29) is 17.9 Å². The van der Waals surface area contributed by atoms with Crippen LogP contribution in [0.3, 0.4) is 0 Å². The fourth-order valence-electron chi connectivity index (χ4n) is 3.04. The van der Waals surface area contributed by atoms with Crippen LogP contribution in [0, 0.1) is 0 Å². The minimum atomic E-state index is -0.247. The Labute approximate surface area is 134 Å². The van der Waals surface area contributed by atoms with Gasteiger partial charge in [0.25, 0.3) is 5.91 Å². The van der Waals surface area contributed by atoms with E-state index in [1.54, 1.807) is 30.1 Å². The van der Waals surface area contributed by atoms with Crippen molar-refractivity contribution in [2.24, 2.45) is 0 Å². The number of nitrogens with zero attached hydrogens (tertiary/aromatic N) is 2. The SMILES string of the molecule is CNc1ccc(Cl)cc1C(=O)N1CCN2CCNC(=O)[C@@H]2C1. The van der Waals surface area contributed by atoms with Gasteiger partial charge >= 0.3 is 0 Å². The van der Waals surface area contributed by atoms with E-state index in [2.05, 4.69) is 15.5 Å². The van der Waals surface area contributed by atoms with E-state index in [0.717, 1.165) is 18.8 Å². The van der Waals surface area contributed by atoms with Crippen molar-refractivity contribution in [3.05, 3.63) is 28.8 Å². The van der Waals surface area contributed by atoms with Crippen molar-refractivity contribution in [3.63, 3.8) is 0 Å². The van der Waals surface area contributed by atoms with Crippen LogP contribution >= 0.6 is 11.6 Å². The summed E-state index contributed by atoms with van der Waals surface area (Å²) in [5.41, 5.74) is 1.28. The smallest absolute Gasteiger partial charge is 0.256 e. The molecule has 22 heavy (non-hydrogen) atoms. The average Bonchev–Trinajstić information content (AvgIpc) is 2.54. The van der Waals surface area contributed by atoms with Crippen LogP contribution in [0.15, 0.2) is 18.2 Å². The monoisotopic (exact) mass is 322 g/mol. The van der Waals surface area contributed by atoms with E-state index >= 15 is 0 Å². The van der Waals surface area contributed by atoms with Gasteiger partial charge in [-0.15, -0.1) is 0 Å². The van der Waals surface area contributed by atoms with E-state index in [1.165, 1.54) is 0 Å². The molecule has 1 aromatic carbocycles. The number of benzene rings is 1. The molecule has 2 aliphatic heterocycles. The minimum Gasteiger partial charge on any atom is -0.387 e. The lowest BCUT2D eigenvalue weighted by atomic mass is 10.1. The summed E-state index contributed by atoms with van der Waals surface area (Å²) >= 11 is 6.02. The van der Waals surface area contributed by atoms with Gasteiger partial charge in [-0.2, -0.15) is 0 Å². The zero-order chi connectivity index (χ0) is 15.7. The second-order valence-corrected chi connectivity index (χ2v) is 5.97. The van der Waals surface area contributed by atoms with Gasteiger partial charge in [-0.1, -0.05) is 11.6 Å². The Morgan fingerprint density at radius 1 is 1.36 bits per heavy atom. The van der Waals surface area contributed by atoms with Gasteiger partial charge in [0.2, 0.25) is 5.91 Å². The Hall–Kier alpha value is -1.79. The van der Waals surface area contributed by atoms with E-state index in [0.29, 0.717) is 30.2 Å². The molecule has 1 atom stereocenters. The highest BCUT2D eigenvalue weighted by molar-refractivity contribution is 6.31. The van der Waals surface area contributed by atoms with Gasteiger partial charge in [-0.05, 0) is 18.2 Å². The van der Waals surface area contributed by atoms with Gasteiger partial charge in [0.15, 0.2) is 0 Å². The molecule has 0 radical (unpaired) electrons. The second kappa shape index (κ2) is 6.14. The zero-order valence-corrected chi connectivity index (χ0v) is 13.2. The van der Waals surface area contributed by atoms with Crippen molar-refractivity contribution in [2.45, 2.75) is 6.04 Å². The molecule has 2 aliphatic rings. The standard InChI is InChI=1S/C15H19ClN4O2/c1-17-12-3-2-10(16)8-11(12)15(22)20-7-6-19-5-4-18-14(21)13(19)9-20/h2-3,8,13,17H,4-7,9H2,1H3,(H,18,21)/t13-/m0/s1. The molecule has 6 nitrogen and oxygen atoms in total. The van der Waals surface area contributed by atoms with E-state index in [9.17, 15) is 9.59 Å². The Balaban J connectivity index is 1.81. The molecule has 3 rings (SSSR count). The Bertz CT molecular complexity index is 607. The normalized spacial score (nSPS) is 22.0. The average molecular weight is 323 g/mol. The van der Waals surface area contributed by atoms with Crippen molar-refractivity contribution < 1.29 is 9.59 Å². The van der Waals surface area contributed by atoms with Crippen molar-refractivity contribution in [3.8, 4) is 0 Å². The fraction of sp³-hybridized carbons (Fsp3) is 0.467. The highest BCUT2D eigenvalue weighted by Gasteiger charge is 2.36. The van der Waals surface area contributed by atoms with Crippen molar-refractivity contribution in [1.29, 1.82) is 0 Å². The number of amides is 2. The number of hydrogen-bond donors (Lipinski definition) is 2. The van der Waals surface area contributed by atoms with Crippen LogP contribution in [-0.4, -0.2) is 67.4 Å². The third-order valence-electron chi connectivity index (χ3n) is 4.26. The number of carbonyl (C=O) groups is 2. The third-order valence-corrected chi connectivity index (χ3v) is 4.50. The summed E-state index contributed by atoms with van der Waals surface area (Å²) in [6.07, 6.45) is 0. The maximum atomic E-state index is 12.8. The van der Waals surface area contributed by atoms with Crippen LogP contribution in [-0.2, 0) is 4.79 Å². The second-order valence-electron chi connectivity index (χ2n) is 5.53. The van der Waals surface area contributed by atoms with E-state index < -0.39 is 0 Å². The molecular weight excluding hydrogens is 304 g/mol. The van der Waals surface area contributed by atoms with Crippen molar-refractivity contribution in [1.82, 2.24) is 15.1 Å². The number of hydrogen-bond acceptors (Lipinski definition) is 4. The lowest BCUT2D eigenvalue weighted by molar-refractivity contribution is -0.131. The van der Waals surface area contributed by atoms with Crippen molar-refractivity contribution in [2.75, 3.05) is 45.1 Å². The summed E-state index contributed by atoms with van der Waals surface area (Å²) in [5.74, 6) is -0.0893. The highest BCUT2D eigenvalue weighted by Crippen LogP contribution is 2.23. The Morgan fingerprint density at radius 3 is 2.95 bits per heavy atom. The van der Waals surface area contributed by atoms with Crippen molar-refractivity contribution >= 4 is 29.1 Å². The van der Waals surface area contributed by atoms with Gasteiger partial charge in [-0.3, -0.25) is 14.5 Å². The summed E-state index contributed by atoms with van der Waals surface area (Å²) < 4.78 is 0. The third kappa shape index (κ3) is 2.76. The van der Waals surface area contributed by atoms with Gasteiger partial charge in [0, 0.05) is 50.5 Å². The molecule has 2 heterocycles. The lowest BCUT2D eigenvalue weighted by Gasteiger charge is -2.43. The first-order valence-corrected chi connectivity index (χ1v) is 7.76. The van der Waals surface area contributed by atoms with Gasteiger partial charge in [0.05, 0.1) is 5.56 Å². The molecule has 0 bridgehead atoms. The summed E-state index contributed by atoms with van der Waals surface area (Å²) in [6, 6.07) is 4.96. The molecule has 2 amide bonds. The summed E-state index contributed by atoms with van der Waals surface area (Å²) in [4.78, 5) is 28.6. The topological polar surface area (TPSA) is 64.7 Å². The molecule has 2 N–H and O–H groups in total. The molecule has 2 fully saturated rings. The largest absolute Gasteiger partial charge is 0.387 e. The number of fused-ring (bicyclic) bond motifs is 1. The minimum absolute atomic E-state index is 0.00341. The molecule has 7 heteroatoms. The Morgan fingerprint density at radius 2 is 2.18 bits per heavy atom. The maximum absolute atomic E-state index is 12.8. The highest BCUT2D eigenvalue weighted by atomic mass is 35.5. The number of halogens is 1. The first-order valence-electron chi connectivity index (χ1n) is 7.38. The fourth-order valence-corrected chi connectivity index (χ4v) is 3.22. The molecule has 0 unspecified atom stereocenters. The lowest BCUT2D eigenvalue weighted by Crippen LogP contribution is -2.64. The van der Waals surface area contributed by atoms with Crippen LogP contribution in [0.4, 0.5) is 5.69 Å². The van der Waals surface area contributed by atoms with Crippen LogP contribution in [0.25, 0.3) is 0 Å². The van der Waals surface area contributed by atoms with Gasteiger partial charge < -0.3 is 15.5 Å². The predicted molar refractivity (Wildman–Crippen MR) is 85.3 cm³/mol. The quantitative estimate of drug-likeness (QED) is 0.838. The molecule has 0 spiro atoms. The molecule has 0 saturated carbocycles.